The molecule has 4 atom stereocenters. The van der Waals surface area contributed by atoms with E-state index in [0.29, 0.717) is 23.4 Å². The molecule has 3 N–H and O–H groups in total. The van der Waals surface area contributed by atoms with E-state index in [-0.39, 0.29) is 6.10 Å². The topological polar surface area (TPSA) is 108 Å². The summed E-state index contributed by atoms with van der Waals surface area (Å²) >= 11 is 0. The first-order valence-electron chi connectivity index (χ1n) is 6.46. The quantitative estimate of drug-likeness (QED) is 0.819. The van der Waals surface area contributed by atoms with Gasteiger partial charge in [0.2, 0.25) is 0 Å². The number of rotatable bonds is 3. The summed E-state index contributed by atoms with van der Waals surface area (Å²) in [6.45, 7) is 1.95. The SMILES string of the molecule is CC[C@H]1O[C@@H](n2cnc3c(N)ncnc32)C(OC)C1O. The van der Waals surface area contributed by atoms with Crippen molar-refractivity contribution >= 4 is 17.0 Å². The van der Waals surface area contributed by atoms with Crippen molar-refractivity contribution in [2.75, 3.05) is 12.8 Å². The second kappa shape index (κ2) is 4.97. The zero-order valence-corrected chi connectivity index (χ0v) is 11.3. The van der Waals surface area contributed by atoms with Crippen molar-refractivity contribution in [1.82, 2.24) is 19.5 Å². The first-order chi connectivity index (χ1) is 9.67. The maximum absolute atomic E-state index is 10.2. The zero-order chi connectivity index (χ0) is 14.3. The molecule has 20 heavy (non-hydrogen) atoms. The Bertz CT molecular complexity index is 616. The molecule has 8 heteroatoms. The highest BCUT2D eigenvalue weighted by molar-refractivity contribution is 5.81. The van der Waals surface area contributed by atoms with Gasteiger partial charge in [-0.3, -0.25) is 4.57 Å². The average molecular weight is 279 g/mol. The monoisotopic (exact) mass is 279 g/mol. The van der Waals surface area contributed by atoms with E-state index in [1.54, 1.807) is 18.0 Å². The maximum Gasteiger partial charge on any atom is 0.167 e. The van der Waals surface area contributed by atoms with E-state index in [4.69, 9.17) is 15.2 Å². The fraction of sp³-hybridized carbons (Fsp3) is 0.583. The molecule has 8 nitrogen and oxygen atoms in total. The predicted octanol–water partition coefficient (Wildman–Crippen LogP) is 0.0918. The molecule has 3 rings (SSSR count). The van der Waals surface area contributed by atoms with Crippen LogP contribution in [-0.4, -0.2) is 50.0 Å². The third-order valence-corrected chi connectivity index (χ3v) is 3.65. The minimum Gasteiger partial charge on any atom is -0.388 e. The molecule has 1 saturated heterocycles. The Labute approximate surface area is 115 Å². The van der Waals surface area contributed by atoms with Crippen molar-refractivity contribution in [2.45, 2.75) is 37.9 Å². The summed E-state index contributed by atoms with van der Waals surface area (Å²) in [5, 5.41) is 10.2. The number of nitrogens with zero attached hydrogens (tertiary/aromatic N) is 4. The summed E-state index contributed by atoms with van der Waals surface area (Å²) in [4.78, 5) is 12.3. The second-order valence-corrected chi connectivity index (χ2v) is 4.75. The molecule has 0 saturated carbocycles. The van der Waals surface area contributed by atoms with Crippen LogP contribution in [0.2, 0.25) is 0 Å². The number of nitrogen functional groups attached to an aromatic ring is 1. The number of aliphatic hydroxyl groups excluding tert-OH is 1. The fourth-order valence-corrected chi connectivity index (χ4v) is 2.59. The Balaban J connectivity index is 2.04. The minimum atomic E-state index is -0.688. The van der Waals surface area contributed by atoms with Crippen molar-refractivity contribution in [2.24, 2.45) is 0 Å². The van der Waals surface area contributed by atoms with Gasteiger partial charge in [-0.2, -0.15) is 0 Å². The molecule has 0 amide bonds. The molecule has 0 aliphatic carbocycles. The van der Waals surface area contributed by atoms with Crippen LogP contribution >= 0.6 is 0 Å². The van der Waals surface area contributed by atoms with Gasteiger partial charge in [-0.05, 0) is 6.42 Å². The van der Waals surface area contributed by atoms with E-state index in [1.807, 2.05) is 6.92 Å². The lowest BCUT2D eigenvalue weighted by Crippen LogP contribution is -2.33. The van der Waals surface area contributed by atoms with Gasteiger partial charge in [0.05, 0.1) is 12.4 Å². The molecule has 108 valence electrons. The van der Waals surface area contributed by atoms with E-state index in [0.717, 1.165) is 0 Å². The standard InChI is InChI=1S/C12H17N5O3/c1-3-6-8(18)9(19-2)12(20-6)17-5-16-7-10(13)14-4-15-11(7)17/h4-6,8-9,12,18H,3H2,1-2H3,(H2,13,14,15)/t6-,8?,9?,12-/m1/s1. The van der Waals surface area contributed by atoms with Crippen molar-refractivity contribution < 1.29 is 14.6 Å². The van der Waals surface area contributed by atoms with E-state index in [9.17, 15) is 5.11 Å². The van der Waals surface area contributed by atoms with Gasteiger partial charge in [0.25, 0.3) is 0 Å². The number of imidazole rings is 1. The van der Waals surface area contributed by atoms with Crippen LogP contribution in [0.15, 0.2) is 12.7 Å². The van der Waals surface area contributed by atoms with Gasteiger partial charge in [0.15, 0.2) is 17.7 Å². The third kappa shape index (κ3) is 1.84. The van der Waals surface area contributed by atoms with E-state index < -0.39 is 18.4 Å². The molecule has 0 bridgehead atoms. The molecule has 1 aliphatic rings. The smallest absolute Gasteiger partial charge is 0.167 e. The van der Waals surface area contributed by atoms with Crippen molar-refractivity contribution in [3.63, 3.8) is 0 Å². The summed E-state index contributed by atoms with van der Waals surface area (Å²) in [5.74, 6) is 0.313. The Hall–Kier alpha value is -1.77. The number of fused-ring (bicyclic) bond motifs is 1. The fourth-order valence-electron chi connectivity index (χ4n) is 2.59. The Morgan fingerprint density at radius 1 is 1.45 bits per heavy atom. The van der Waals surface area contributed by atoms with Crippen LogP contribution in [0.1, 0.15) is 19.6 Å². The summed E-state index contributed by atoms with van der Waals surface area (Å²) < 4.78 is 13.0. The third-order valence-electron chi connectivity index (χ3n) is 3.65. The number of nitrogens with two attached hydrogens (primary N) is 1. The number of hydrogen-bond donors (Lipinski definition) is 2. The van der Waals surface area contributed by atoms with Crippen LogP contribution in [0, 0.1) is 0 Å². The lowest BCUT2D eigenvalue weighted by Gasteiger charge is -2.19. The Kier molecular flexibility index (Phi) is 3.28. The molecule has 1 aliphatic heterocycles. The van der Waals surface area contributed by atoms with Gasteiger partial charge in [-0.15, -0.1) is 0 Å². The van der Waals surface area contributed by atoms with Crippen LogP contribution in [0.4, 0.5) is 5.82 Å². The Morgan fingerprint density at radius 3 is 2.95 bits per heavy atom. The number of ether oxygens (including phenoxy) is 2. The highest BCUT2D eigenvalue weighted by Gasteiger charge is 2.44. The van der Waals surface area contributed by atoms with Crippen LogP contribution in [-0.2, 0) is 9.47 Å². The van der Waals surface area contributed by atoms with Crippen molar-refractivity contribution in [3.8, 4) is 0 Å². The van der Waals surface area contributed by atoms with E-state index in [1.165, 1.54) is 6.33 Å². The van der Waals surface area contributed by atoms with Gasteiger partial charge in [-0.25, -0.2) is 15.0 Å². The van der Waals surface area contributed by atoms with Crippen LogP contribution < -0.4 is 5.73 Å². The highest BCUT2D eigenvalue weighted by Crippen LogP contribution is 2.34. The lowest BCUT2D eigenvalue weighted by atomic mass is 10.1. The predicted molar refractivity (Wildman–Crippen MR) is 70.7 cm³/mol. The molecular weight excluding hydrogens is 262 g/mol. The van der Waals surface area contributed by atoms with Gasteiger partial charge < -0.3 is 20.3 Å². The van der Waals surface area contributed by atoms with Crippen LogP contribution in [0.25, 0.3) is 11.2 Å². The Morgan fingerprint density at radius 2 is 2.25 bits per heavy atom. The number of aliphatic hydroxyl groups is 1. The molecule has 1 fully saturated rings. The highest BCUT2D eigenvalue weighted by atomic mass is 16.6. The number of anilines is 1. The molecule has 0 aromatic carbocycles. The minimum absolute atomic E-state index is 0.276. The molecule has 2 unspecified atom stereocenters. The molecular formula is C12H17N5O3. The summed E-state index contributed by atoms with van der Waals surface area (Å²) in [5.41, 5.74) is 6.85. The average Bonchev–Trinajstić information content (AvgIpc) is 3.00. The van der Waals surface area contributed by atoms with Crippen molar-refractivity contribution in [3.05, 3.63) is 12.7 Å². The normalized spacial score (nSPS) is 30.1. The largest absolute Gasteiger partial charge is 0.388 e. The van der Waals surface area contributed by atoms with Gasteiger partial charge in [0.1, 0.15) is 24.1 Å². The molecule has 3 heterocycles. The van der Waals surface area contributed by atoms with Crippen molar-refractivity contribution in [1.29, 1.82) is 0 Å². The number of aromatic nitrogens is 4. The van der Waals surface area contributed by atoms with Crippen LogP contribution in [0.3, 0.4) is 0 Å². The second-order valence-electron chi connectivity index (χ2n) is 4.75. The first kappa shape index (κ1) is 13.2. The first-order valence-corrected chi connectivity index (χ1v) is 6.46. The summed E-state index contributed by atoms with van der Waals surface area (Å²) in [7, 11) is 1.55. The van der Waals surface area contributed by atoms with Gasteiger partial charge in [-0.1, -0.05) is 6.92 Å². The maximum atomic E-state index is 10.2. The number of hydrogen-bond acceptors (Lipinski definition) is 7. The molecule has 0 radical (unpaired) electrons. The summed E-state index contributed by atoms with van der Waals surface area (Å²) in [6, 6.07) is 0. The molecule has 2 aromatic heterocycles. The zero-order valence-electron chi connectivity index (χ0n) is 11.3. The molecule has 0 spiro atoms. The van der Waals surface area contributed by atoms with Gasteiger partial charge in [0, 0.05) is 7.11 Å². The van der Waals surface area contributed by atoms with E-state index in [2.05, 4.69) is 15.0 Å². The summed E-state index contributed by atoms with van der Waals surface area (Å²) in [6.07, 6.45) is 1.72. The van der Waals surface area contributed by atoms with Gasteiger partial charge >= 0.3 is 0 Å². The lowest BCUT2D eigenvalue weighted by molar-refractivity contribution is -0.0497. The number of methoxy groups -OCH3 is 1. The van der Waals surface area contributed by atoms with E-state index >= 15 is 0 Å². The van der Waals surface area contributed by atoms with Crippen LogP contribution in [0.5, 0.6) is 0 Å². The molecule has 2 aromatic rings.